The molecular weight excluding hydrogens is 166 g/mol. The number of nitrogens with two attached hydrogens (primary N) is 1. The first-order valence-electron chi connectivity index (χ1n) is 4.13. The first kappa shape index (κ1) is 9.80. The van der Waals surface area contributed by atoms with Gasteiger partial charge < -0.3 is 10.2 Å². The zero-order valence-electron chi connectivity index (χ0n) is 8.16. The smallest absolute Gasteiger partial charge is 0.143 e. The second-order valence-electron chi connectivity index (χ2n) is 3.74. The van der Waals surface area contributed by atoms with Crippen molar-refractivity contribution in [3.63, 3.8) is 0 Å². The Bertz CT molecular complexity index is 280. The third kappa shape index (κ3) is 3.29. The Hall–Kier alpha value is -1.29. The van der Waals surface area contributed by atoms with Crippen LogP contribution in [0.25, 0.3) is 0 Å². The summed E-state index contributed by atoms with van der Waals surface area (Å²) in [5, 5.41) is 0. The number of nitrogen functional groups attached to an aromatic ring is 1. The Balaban J connectivity index is 2.78. The molecule has 0 saturated carbocycles. The standard InChI is InChI=1S/C9H15N3O/c1-9(2,3)13-7-4-5-11-8(6-7)12-10/h4-6H,10H2,1-3H3,(H,11,12). The minimum atomic E-state index is -0.201. The van der Waals surface area contributed by atoms with Crippen LogP contribution in [-0.4, -0.2) is 10.6 Å². The molecule has 0 aliphatic carbocycles. The van der Waals surface area contributed by atoms with Gasteiger partial charge in [0.1, 0.15) is 17.2 Å². The average Bonchev–Trinajstić information content (AvgIpc) is 2.01. The van der Waals surface area contributed by atoms with Crippen molar-refractivity contribution in [2.45, 2.75) is 26.4 Å². The highest BCUT2D eigenvalue weighted by molar-refractivity contribution is 5.39. The van der Waals surface area contributed by atoms with Gasteiger partial charge in [-0.05, 0) is 26.8 Å². The highest BCUT2D eigenvalue weighted by Gasteiger charge is 2.11. The van der Waals surface area contributed by atoms with Crippen LogP contribution in [0.4, 0.5) is 5.82 Å². The maximum Gasteiger partial charge on any atom is 0.143 e. The lowest BCUT2D eigenvalue weighted by atomic mass is 10.2. The van der Waals surface area contributed by atoms with Crippen molar-refractivity contribution in [3.05, 3.63) is 18.3 Å². The summed E-state index contributed by atoms with van der Waals surface area (Å²) in [6, 6.07) is 3.55. The highest BCUT2D eigenvalue weighted by atomic mass is 16.5. The van der Waals surface area contributed by atoms with E-state index in [2.05, 4.69) is 10.4 Å². The van der Waals surface area contributed by atoms with Crippen molar-refractivity contribution >= 4 is 5.82 Å². The maximum atomic E-state index is 5.61. The van der Waals surface area contributed by atoms with Gasteiger partial charge >= 0.3 is 0 Å². The van der Waals surface area contributed by atoms with E-state index in [9.17, 15) is 0 Å². The Morgan fingerprint density at radius 2 is 2.15 bits per heavy atom. The van der Waals surface area contributed by atoms with Crippen LogP contribution in [0, 0.1) is 0 Å². The van der Waals surface area contributed by atoms with Crippen molar-refractivity contribution in [2.24, 2.45) is 5.84 Å². The van der Waals surface area contributed by atoms with Crippen LogP contribution in [0.1, 0.15) is 20.8 Å². The predicted molar refractivity (Wildman–Crippen MR) is 52.4 cm³/mol. The number of nitrogens with zero attached hydrogens (tertiary/aromatic N) is 1. The van der Waals surface area contributed by atoms with Gasteiger partial charge in [0.15, 0.2) is 0 Å². The number of ether oxygens (including phenoxy) is 1. The Morgan fingerprint density at radius 1 is 1.46 bits per heavy atom. The minimum Gasteiger partial charge on any atom is -0.488 e. The van der Waals surface area contributed by atoms with Gasteiger partial charge in [-0.15, -0.1) is 0 Å². The SMILES string of the molecule is CC(C)(C)Oc1ccnc(NN)c1. The van der Waals surface area contributed by atoms with Crippen LogP contribution in [-0.2, 0) is 0 Å². The molecule has 1 heterocycles. The second kappa shape index (κ2) is 3.62. The molecule has 13 heavy (non-hydrogen) atoms. The molecule has 1 aromatic rings. The van der Waals surface area contributed by atoms with E-state index < -0.39 is 0 Å². The van der Waals surface area contributed by atoms with Crippen molar-refractivity contribution in [2.75, 3.05) is 5.43 Å². The molecule has 1 rings (SSSR count). The third-order valence-corrected chi connectivity index (χ3v) is 1.30. The maximum absolute atomic E-state index is 5.61. The van der Waals surface area contributed by atoms with E-state index >= 15 is 0 Å². The van der Waals surface area contributed by atoms with E-state index in [0.29, 0.717) is 5.82 Å². The number of hydrogen-bond donors (Lipinski definition) is 2. The molecular formula is C9H15N3O. The average molecular weight is 181 g/mol. The Kier molecular flexibility index (Phi) is 2.72. The monoisotopic (exact) mass is 181 g/mol. The molecule has 0 saturated heterocycles. The Labute approximate surface area is 78.1 Å². The van der Waals surface area contributed by atoms with Crippen LogP contribution < -0.4 is 16.0 Å². The van der Waals surface area contributed by atoms with E-state index in [1.54, 1.807) is 18.3 Å². The molecule has 4 heteroatoms. The number of hydrazine groups is 1. The van der Waals surface area contributed by atoms with E-state index in [4.69, 9.17) is 10.6 Å². The summed E-state index contributed by atoms with van der Waals surface area (Å²) in [6.45, 7) is 5.97. The summed E-state index contributed by atoms with van der Waals surface area (Å²) in [5.74, 6) is 6.57. The van der Waals surface area contributed by atoms with Gasteiger partial charge in [0.2, 0.25) is 0 Å². The summed E-state index contributed by atoms with van der Waals surface area (Å²) in [4.78, 5) is 3.97. The third-order valence-electron chi connectivity index (χ3n) is 1.30. The molecule has 1 aromatic heterocycles. The summed E-state index contributed by atoms with van der Waals surface area (Å²) >= 11 is 0. The molecule has 0 radical (unpaired) electrons. The number of rotatable bonds is 2. The van der Waals surface area contributed by atoms with Crippen LogP contribution in [0.5, 0.6) is 5.75 Å². The molecule has 0 spiro atoms. The zero-order valence-corrected chi connectivity index (χ0v) is 8.16. The number of hydrogen-bond acceptors (Lipinski definition) is 4. The first-order valence-corrected chi connectivity index (χ1v) is 4.13. The fraction of sp³-hybridized carbons (Fsp3) is 0.444. The van der Waals surface area contributed by atoms with Crippen molar-refractivity contribution in [1.29, 1.82) is 0 Å². The van der Waals surface area contributed by atoms with Gasteiger partial charge in [-0.1, -0.05) is 0 Å². The molecule has 0 aliphatic heterocycles. The number of nitrogens with one attached hydrogen (secondary N) is 1. The van der Waals surface area contributed by atoms with Crippen LogP contribution in [0.3, 0.4) is 0 Å². The van der Waals surface area contributed by atoms with Gasteiger partial charge in [0.25, 0.3) is 0 Å². The van der Waals surface area contributed by atoms with Gasteiger partial charge in [-0.25, -0.2) is 10.8 Å². The van der Waals surface area contributed by atoms with Gasteiger partial charge in [-0.2, -0.15) is 0 Å². The zero-order chi connectivity index (χ0) is 9.90. The fourth-order valence-corrected chi connectivity index (χ4v) is 0.907. The lowest BCUT2D eigenvalue weighted by Crippen LogP contribution is -2.23. The summed E-state index contributed by atoms with van der Waals surface area (Å²) in [7, 11) is 0. The normalized spacial score (nSPS) is 11.1. The van der Waals surface area contributed by atoms with E-state index in [0.717, 1.165) is 5.75 Å². The molecule has 0 aliphatic rings. The van der Waals surface area contributed by atoms with E-state index in [-0.39, 0.29) is 5.60 Å². The number of aromatic nitrogens is 1. The van der Waals surface area contributed by atoms with Gasteiger partial charge in [0, 0.05) is 12.3 Å². The largest absolute Gasteiger partial charge is 0.488 e. The van der Waals surface area contributed by atoms with Gasteiger partial charge in [-0.3, -0.25) is 0 Å². The molecule has 0 aromatic carbocycles. The van der Waals surface area contributed by atoms with Crippen molar-refractivity contribution in [3.8, 4) is 5.75 Å². The predicted octanol–water partition coefficient (Wildman–Crippen LogP) is 1.54. The summed E-state index contributed by atoms with van der Waals surface area (Å²) in [6.07, 6.45) is 1.65. The minimum absolute atomic E-state index is 0.201. The van der Waals surface area contributed by atoms with Gasteiger partial charge in [0.05, 0.1) is 0 Å². The second-order valence-corrected chi connectivity index (χ2v) is 3.74. The van der Waals surface area contributed by atoms with E-state index in [1.807, 2.05) is 20.8 Å². The quantitative estimate of drug-likeness (QED) is 0.536. The molecule has 72 valence electrons. The lowest BCUT2D eigenvalue weighted by molar-refractivity contribution is 0.131. The lowest BCUT2D eigenvalue weighted by Gasteiger charge is -2.21. The highest BCUT2D eigenvalue weighted by Crippen LogP contribution is 2.19. The molecule has 0 unspecified atom stereocenters. The van der Waals surface area contributed by atoms with Crippen LogP contribution in [0.15, 0.2) is 18.3 Å². The van der Waals surface area contributed by atoms with Crippen LogP contribution in [0.2, 0.25) is 0 Å². The molecule has 3 N–H and O–H groups in total. The van der Waals surface area contributed by atoms with Crippen molar-refractivity contribution in [1.82, 2.24) is 4.98 Å². The number of anilines is 1. The molecule has 0 atom stereocenters. The Morgan fingerprint density at radius 3 is 2.69 bits per heavy atom. The molecule has 0 amide bonds. The molecule has 4 nitrogen and oxygen atoms in total. The topological polar surface area (TPSA) is 60.2 Å². The number of pyridine rings is 1. The summed E-state index contributed by atoms with van der Waals surface area (Å²) < 4.78 is 5.61. The summed E-state index contributed by atoms with van der Waals surface area (Å²) in [5.41, 5.74) is 2.26. The first-order chi connectivity index (χ1) is 6.01. The van der Waals surface area contributed by atoms with E-state index in [1.165, 1.54) is 0 Å². The van der Waals surface area contributed by atoms with Crippen molar-refractivity contribution < 1.29 is 4.74 Å². The molecule has 0 bridgehead atoms. The molecule has 0 fully saturated rings. The van der Waals surface area contributed by atoms with Crippen LogP contribution >= 0.6 is 0 Å². The fourth-order valence-electron chi connectivity index (χ4n) is 0.907.